The van der Waals surface area contributed by atoms with Crippen LogP contribution < -0.4 is 0 Å². The zero-order valence-electron chi connectivity index (χ0n) is 42.4. The molecule has 0 atom stereocenters. The topological polar surface area (TPSA) is 104 Å². The van der Waals surface area contributed by atoms with E-state index in [-0.39, 0.29) is 12.9 Å². The van der Waals surface area contributed by atoms with E-state index in [1.807, 2.05) is 0 Å². The van der Waals surface area contributed by atoms with Gasteiger partial charge in [-0.1, -0.05) is 260 Å². The highest BCUT2D eigenvalue weighted by Crippen LogP contribution is 2.26. The summed E-state index contributed by atoms with van der Waals surface area (Å²) in [6.45, 7) is 17.6. The van der Waals surface area contributed by atoms with Gasteiger partial charge in [0, 0.05) is 26.2 Å². The Morgan fingerprint density at radius 2 is 0.639 bits per heavy atom. The minimum absolute atomic E-state index is 0.250. The van der Waals surface area contributed by atoms with Crippen molar-refractivity contribution in [3.8, 4) is 0 Å². The van der Waals surface area contributed by atoms with Crippen molar-refractivity contribution in [3.63, 3.8) is 0 Å². The van der Waals surface area contributed by atoms with Crippen molar-refractivity contribution < 1.29 is 29.3 Å². The fraction of sp³-hybridized carbons (Fsp3) is 0.944. The van der Waals surface area contributed by atoms with E-state index < -0.39 is 0 Å². The molecule has 0 aromatic heterocycles. The van der Waals surface area contributed by atoms with Crippen LogP contribution in [-0.4, -0.2) is 67.7 Å². The van der Waals surface area contributed by atoms with E-state index in [1.165, 1.54) is 231 Å². The molecule has 2 N–H and O–H groups in total. The molecule has 0 aliphatic heterocycles. The van der Waals surface area contributed by atoms with Crippen molar-refractivity contribution in [1.82, 2.24) is 4.90 Å². The van der Waals surface area contributed by atoms with Gasteiger partial charge in [-0.2, -0.15) is 0 Å². The average Bonchev–Trinajstić information content (AvgIpc) is 3.26. The number of hydrogen-bond donors (Lipinski definition) is 2. The van der Waals surface area contributed by atoms with E-state index in [4.69, 9.17) is 24.5 Å². The van der Waals surface area contributed by atoms with Gasteiger partial charge in [0.1, 0.15) is 6.29 Å². The summed E-state index contributed by atoms with van der Waals surface area (Å²) in [4.78, 5) is 30.8. The van der Waals surface area contributed by atoms with Gasteiger partial charge in [0.25, 0.3) is 12.9 Å². The van der Waals surface area contributed by atoms with E-state index in [0.29, 0.717) is 5.92 Å². The summed E-state index contributed by atoms with van der Waals surface area (Å²) in [5.41, 5.74) is 0. The minimum atomic E-state index is -0.250. The number of carbonyl (C=O) groups excluding carboxylic acids is 1. The van der Waals surface area contributed by atoms with Crippen LogP contribution in [0.25, 0.3) is 0 Å². The standard InChI is InChI=1S/C44H88O.C8H19NO.2CH2O2/c1-5-9-25-33-42(34-26-10-6-2)37-29-21-17-13-15-19-23-31-39-44(41-45)40-32-24-20-16-14-18-22-30-38-43(35-27-11-7-3)36-28-12-8-4;1-4-9(5-2)7-6-8-10-3;2*2-1-3/h41-44H,5-40H2,1-4H3;4-8H2,1-3H3;2*1H,(H,2,3). The molecule has 0 aromatic rings. The smallest absolute Gasteiger partial charge is 0.290 e. The SMILES string of the molecule is CCCCCC(CCCCC)CCCCCCCCCCC(C=O)CCCCCCCCCCC(CCCCC)CCCCC.CCN(CC)CCCOC.O=CO.O=CO. The first-order valence-corrected chi connectivity index (χ1v) is 26.7. The Morgan fingerprint density at radius 1 is 0.393 bits per heavy atom. The predicted octanol–water partition coefficient (Wildman–Crippen LogP) is 16.9. The van der Waals surface area contributed by atoms with Gasteiger partial charge in [-0.15, -0.1) is 0 Å². The molecule has 0 radical (unpaired) electrons. The number of carboxylic acid groups (broad SMARTS) is 2. The lowest BCUT2D eigenvalue weighted by Crippen LogP contribution is -2.24. The van der Waals surface area contributed by atoms with Crippen molar-refractivity contribution in [2.75, 3.05) is 33.4 Å². The Kier molecular flexibility index (Phi) is 68.1. The first-order valence-electron chi connectivity index (χ1n) is 26.7. The van der Waals surface area contributed by atoms with Crippen LogP contribution in [-0.2, 0) is 19.1 Å². The van der Waals surface area contributed by atoms with Gasteiger partial charge in [0.2, 0.25) is 0 Å². The summed E-state index contributed by atoms with van der Waals surface area (Å²) in [6.07, 6.45) is 52.9. The van der Waals surface area contributed by atoms with E-state index >= 15 is 0 Å². The molecule has 0 unspecified atom stereocenters. The molecule has 0 spiro atoms. The molecule has 0 aliphatic carbocycles. The molecule has 368 valence electrons. The van der Waals surface area contributed by atoms with Crippen molar-refractivity contribution in [3.05, 3.63) is 0 Å². The van der Waals surface area contributed by atoms with Crippen LogP contribution in [0.5, 0.6) is 0 Å². The molecule has 0 heterocycles. The number of hydrogen-bond acceptors (Lipinski definition) is 5. The third-order valence-corrected chi connectivity index (χ3v) is 12.6. The van der Waals surface area contributed by atoms with Gasteiger partial charge in [-0.25, -0.2) is 0 Å². The monoisotopic (exact) mass is 870 g/mol. The Hall–Kier alpha value is -1.47. The summed E-state index contributed by atoms with van der Waals surface area (Å²) in [7, 11) is 1.75. The van der Waals surface area contributed by atoms with Crippen LogP contribution in [0.4, 0.5) is 0 Å². The molecule has 0 aromatic carbocycles. The number of unbranched alkanes of at least 4 members (excludes halogenated alkanes) is 22. The first-order chi connectivity index (χ1) is 29.9. The fourth-order valence-electron chi connectivity index (χ4n) is 8.65. The molecule has 7 heteroatoms. The van der Waals surface area contributed by atoms with Crippen LogP contribution in [0.15, 0.2) is 0 Å². The number of ether oxygens (including phenoxy) is 1. The largest absolute Gasteiger partial charge is 0.483 e. The predicted molar refractivity (Wildman–Crippen MR) is 267 cm³/mol. The maximum absolute atomic E-state index is 11.6. The number of aldehydes is 1. The molecule has 61 heavy (non-hydrogen) atoms. The highest BCUT2D eigenvalue weighted by atomic mass is 16.5. The second-order valence-corrected chi connectivity index (χ2v) is 18.0. The number of rotatable bonds is 45. The molecule has 0 fully saturated rings. The number of carbonyl (C=O) groups is 3. The Morgan fingerprint density at radius 3 is 0.869 bits per heavy atom. The molecule has 0 bridgehead atoms. The van der Waals surface area contributed by atoms with Gasteiger partial charge >= 0.3 is 0 Å². The summed E-state index contributed by atoms with van der Waals surface area (Å²) in [6, 6.07) is 0. The molecule has 0 amide bonds. The molecule has 0 saturated heterocycles. The molecule has 7 nitrogen and oxygen atoms in total. The summed E-state index contributed by atoms with van der Waals surface area (Å²) < 4.78 is 4.95. The number of methoxy groups -OCH3 is 1. The number of nitrogens with zero attached hydrogens (tertiary/aromatic N) is 1. The van der Waals surface area contributed by atoms with Gasteiger partial charge < -0.3 is 24.6 Å². The van der Waals surface area contributed by atoms with E-state index in [0.717, 1.165) is 50.8 Å². The molecule has 0 aliphatic rings. The summed E-state index contributed by atoms with van der Waals surface area (Å²) in [5, 5.41) is 13.8. The molecular weight excluding hydrogens is 759 g/mol. The second kappa shape index (κ2) is 62.8. The lowest BCUT2D eigenvalue weighted by atomic mass is 9.90. The van der Waals surface area contributed by atoms with Crippen molar-refractivity contribution >= 4 is 19.2 Å². The van der Waals surface area contributed by atoms with Crippen LogP contribution >= 0.6 is 0 Å². The third-order valence-electron chi connectivity index (χ3n) is 12.6. The Labute approximate surface area is 382 Å². The lowest BCUT2D eigenvalue weighted by molar-refractivity contribution is -0.123. The van der Waals surface area contributed by atoms with Crippen molar-refractivity contribution in [2.45, 2.75) is 279 Å². The Bertz CT molecular complexity index is 709. The summed E-state index contributed by atoms with van der Waals surface area (Å²) in [5.74, 6) is 2.34. The zero-order chi connectivity index (χ0) is 46.1. The Balaban J connectivity index is -0.000000854. The maximum atomic E-state index is 11.6. The fourth-order valence-corrected chi connectivity index (χ4v) is 8.65. The average molecular weight is 870 g/mol. The van der Waals surface area contributed by atoms with E-state index in [9.17, 15) is 4.79 Å². The van der Waals surface area contributed by atoms with Crippen LogP contribution in [0.1, 0.15) is 279 Å². The molecular formula is C54H111NO6. The van der Waals surface area contributed by atoms with Gasteiger partial charge in [-0.3, -0.25) is 9.59 Å². The van der Waals surface area contributed by atoms with Crippen molar-refractivity contribution in [2.24, 2.45) is 17.8 Å². The van der Waals surface area contributed by atoms with Crippen LogP contribution in [0.3, 0.4) is 0 Å². The molecule has 0 saturated carbocycles. The first kappa shape index (κ1) is 66.1. The normalized spacial score (nSPS) is 10.9. The quantitative estimate of drug-likeness (QED) is 0.0464. The van der Waals surface area contributed by atoms with Crippen LogP contribution in [0.2, 0.25) is 0 Å². The van der Waals surface area contributed by atoms with E-state index in [1.54, 1.807) is 7.11 Å². The van der Waals surface area contributed by atoms with Gasteiger partial charge in [0.15, 0.2) is 0 Å². The maximum Gasteiger partial charge on any atom is 0.290 e. The minimum Gasteiger partial charge on any atom is -0.483 e. The third kappa shape index (κ3) is 60.7. The summed E-state index contributed by atoms with van der Waals surface area (Å²) >= 11 is 0. The second-order valence-electron chi connectivity index (χ2n) is 18.0. The molecule has 0 rings (SSSR count). The highest BCUT2D eigenvalue weighted by Gasteiger charge is 2.10. The van der Waals surface area contributed by atoms with E-state index in [2.05, 4.69) is 46.4 Å². The van der Waals surface area contributed by atoms with Gasteiger partial charge in [-0.05, 0) is 44.2 Å². The lowest BCUT2D eigenvalue weighted by Gasteiger charge is -2.16. The van der Waals surface area contributed by atoms with Crippen molar-refractivity contribution in [1.29, 1.82) is 0 Å². The highest BCUT2D eigenvalue weighted by molar-refractivity contribution is 5.53. The van der Waals surface area contributed by atoms with Gasteiger partial charge in [0.05, 0.1) is 0 Å². The zero-order valence-corrected chi connectivity index (χ0v) is 42.4. The van der Waals surface area contributed by atoms with Crippen LogP contribution in [0, 0.1) is 17.8 Å².